The Kier molecular flexibility index (Phi) is 4.69. The predicted octanol–water partition coefficient (Wildman–Crippen LogP) is 2.86. The Morgan fingerprint density at radius 3 is 2.53 bits per heavy atom. The van der Waals surface area contributed by atoms with Gasteiger partial charge in [-0.3, -0.25) is 14.6 Å². The van der Waals surface area contributed by atoms with Gasteiger partial charge in [-0.25, -0.2) is 4.90 Å². The molecule has 0 unspecified atom stereocenters. The first-order chi connectivity index (χ1) is 15.5. The molecular weight excluding hydrogens is 412 g/mol. The molecule has 0 N–H and O–H groups in total. The van der Waals surface area contributed by atoms with Crippen molar-refractivity contribution < 1.29 is 18.8 Å². The minimum Gasteiger partial charge on any atom is -0.497 e. The van der Waals surface area contributed by atoms with Crippen molar-refractivity contribution in [3.63, 3.8) is 0 Å². The fraction of sp³-hybridized carbons (Fsp3) is 0.273. The van der Waals surface area contributed by atoms with Crippen molar-refractivity contribution in [3.05, 3.63) is 59.5 Å². The zero-order valence-corrected chi connectivity index (χ0v) is 17.7. The van der Waals surface area contributed by atoms with Crippen LogP contribution in [0.2, 0.25) is 0 Å². The first kappa shape index (κ1) is 19.9. The number of fused-ring (bicyclic) bond motifs is 1. The highest BCUT2D eigenvalue weighted by Gasteiger charge is 2.55. The van der Waals surface area contributed by atoms with Gasteiger partial charge in [-0.15, -0.1) is 0 Å². The highest BCUT2D eigenvalue weighted by Crippen LogP contribution is 2.33. The van der Waals surface area contributed by atoms with Crippen molar-refractivity contribution in [1.29, 1.82) is 0 Å². The second-order valence-electron chi connectivity index (χ2n) is 7.71. The van der Waals surface area contributed by atoms with Crippen molar-refractivity contribution in [2.45, 2.75) is 32.5 Å². The monoisotopic (exact) mass is 432 g/mol. The second kappa shape index (κ2) is 7.56. The van der Waals surface area contributed by atoms with Crippen LogP contribution < -0.4 is 9.64 Å². The number of aromatic nitrogens is 2. The van der Waals surface area contributed by atoms with Crippen LogP contribution >= 0.6 is 0 Å². The molecule has 2 aliphatic rings. The van der Waals surface area contributed by atoms with Gasteiger partial charge in [0.2, 0.25) is 11.7 Å². The van der Waals surface area contributed by atoms with Gasteiger partial charge in [0, 0.05) is 5.56 Å². The summed E-state index contributed by atoms with van der Waals surface area (Å²) in [5.41, 5.74) is 3.59. The maximum Gasteiger partial charge on any atom is 0.263 e. The Bertz CT molecular complexity index is 1240. The van der Waals surface area contributed by atoms with Gasteiger partial charge >= 0.3 is 0 Å². The van der Waals surface area contributed by atoms with Gasteiger partial charge in [0.1, 0.15) is 12.3 Å². The molecule has 2 aromatic carbocycles. The Balaban J connectivity index is 1.35. The number of carbonyl (C=O) groups excluding carboxylic acids is 2. The van der Waals surface area contributed by atoms with Crippen LogP contribution in [0.5, 0.6) is 5.75 Å². The Morgan fingerprint density at radius 2 is 1.81 bits per heavy atom. The van der Waals surface area contributed by atoms with Crippen LogP contribution in [-0.4, -0.2) is 46.2 Å². The Hall–Kier alpha value is -4.08. The van der Waals surface area contributed by atoms with E-state index < -0.39 is 23.9 Å². The molecule has 0 bridgehead atoms. The van der Waals surface area contributed by atoms with Gasteiger partial charge in [-0.2, -0.15) is 10.1 Å². The van der Waals surface area contributed by atoms with Crippen LogP contribution in [0.15, 0.2) is 57.3 Å². The molecule has 5 rings (SSSR count). The standard InChI is InChI=1S/C22H20N6O4/c1-12-4-5-14(10-13(12)2)20-23-17(32-25-20)11-27-19-18(24-26-27)21(29)28(22(19)30)15-6-8-16(31-3)9-7-15/h4-10,18-19H,11H2,1-3H3/t18-,19-/m1/s1. The normalized spacial score (nSPS) is 19.7. The van der Waals surface area contributed by atoms with Gasteiger partial charge in [0.05, 0.1) is 12.8 Å². The summed E-state index contributed by atoms with van der Waals surface area (Å²) in [4.78, 5) is 31.5. The Labute approximate surface area is 183 Å². The fourth-order valence-corrected chi connectivity index (χ4v) is 3.80. The summed E-state index contributed by atoms with van der Waals surface area (Å²) in [5.74, 6) is 0.539. The molecular formula is C22H20N6O4. The van der Waals surface area contributed by atoms with Crippen molar-refractivity contribution >= 4 is 17.5 Å². The van der Waals surface area contributed by atoms with Crippen LogP contribution in [0, 0.1) is 13.8 Å². The molecule has 0 aliphatic carbocycles. The Morgan fingerprint density at radius 1 is 1.03 bits per heavy atom. The molecule has 2 amide bonds. The number of imide groups is 1. The zero-order chi connectivity index (χ0) is 22.4. The van der Waals surface area contributed by atoms with E-state index in [2.05, 4.69) is 20.5 Å². The van der Waals surface area contributed by atoms with Crippen molar-refractivity contribution in [1.82, 2.24) is 15.1 Å². The summed E-state index contributed by atoms with van der Waals surface area (Å²) in [7, 11) is 1.55. The summed E-state index contributed by atoms with van der Waals surface area (Å²) in [6.07, 6.45) is 0. The average molecular weight is 432 g/mol. The summed E-state index contributed by atoms with van der Waals surface area (Å²) < 4.78 is 10.5. The molecule has 2 aliphatic heterocycles. The zero-order valence-electron chi connectivity index (χ0n) is 17.7. The first-order valence-electron chi connectivity index (χ1n) is 10.1. The topological polar surface area (TPSA) is 113 Å². The number of anilines is 1. The van der Waals surface area contributed by atoms with Crippen molar-refractivity contribution in [2.75, 3.05) is 12.0 Å². The summed E-state index contributed by atoms with van der Waals surface area (Å²) in [5, 5.41) is 13.5. The average Bonchev–Trinajstić information content (AvgIpc) is 3.49. The van der Waals surface area contributed by atoms with E-state index in [9.17, 15) is 9.59 Å². The van der Waals surface area contributed by atoms with Gasteiger partial charge in [0.15, 0.2) is 12.1 Å². The maximum absolute atomic E-state index is 13.1. The van der Waals surface area contributed by atoms with Crippen LogP contribution in [0.4, 0.5) is 5.69 Å². The smallest absolute Gasteiger partial charge is 0.263 e. The third-order valence-electron chi connectivity index (χ3n) is 5.72. The molecule has 0 spiro atoms. The summed E-state index contributed by atoms with van der Waals surface area (Å²) >= 11 is 0. The fourth-order valence-electron chi connectivity index (χ4n) is 3.80. The van der Waals surface area contributed by atoms with E-state index in [0.29, 0.717) is 17.3 Å². The molecule has 3 aromatic rings. The van der Waals surface area contributed by atoms with Crippen LogP contribution in [0.25, 0.3) is 11.4 Å². The number of rotatable bonds is 5. The summed E-state index contributed by atoms with van der Waals surface area (Å²) in [6, 6.07) is 10.9. The number of carbonyl (C=O) groups is 2. The van der Waals surface area contributed by atoms with E-state index >= 15 is 0 Å². The van der Waals surface area contributed by atoms with E-state index in [1.54, 1.807) is 31.4 Å². The molecule has 10 heteroatoms. The minimum atomic E-state index is -0.897. The highest BCUT2D eigenvalue weighted by atomic mass is 16.5. The predicted molar refractivity (Wildman–Crippen MR) is 113 cm³/mol. The number of amides is 2. The largest absolute Gasteiger partial charge is 0.497 e. The number of hydrogen-bond donors (Lipinski definition) is 0. The number of benzene rings is 2. The lowest BCUT2D eigenvalue weighted by Crippen LogP contribution is -2.39. The number of nitrogens with zero attached hydrogens (tertiary/aromatic N) is 6. The molecule has 10 nitrogen and oxygen atoms in total. The van der Waals surface area contributed by atoms with Crippen molar-refractivity contribution in [2.24, 2.45) is 10.3 Å². The summed E-state index contributed by atoms with van der Waals surface area (Å²) in [6.45, 7) is 4.12. The van der Waals surface area contributed by atoms with E-state index in [1.807, 2.05) is 32.0 Å². The van der Waals surface area contributed by atoms with Gasteiger partial charge in [-0.05, 0) is 55.3 Å². The molecule has 3 heterocycles. The molecule has 1 saturated heterocycles. The third-order valence-corrected chi connectivity index (χ3v) is 5.72. The lowest BCUT2D eigenvalue weighted by atomic mass is 10.1. The number of hydrogen-bond acceptors (Lipinski definition) is 9. The lowest BCUT2D eigenvalue weighted by molar-refractivity contribution is -0.123. The number of methoxy groups -OCH3 is 1. The van der Waals surface area contributed by atoms with Crippen LogP contribution in [-0.2, 0) is 16.1 Å². The van der Waals surface area contributed by atoms with Crippen LogP contribution in [0.1, 0.15) is 17.0 Å². The van der Waals surface area contributed by atoms with E-state index in [-0.39, 0.29) is 12.4 Å². The van der Waals surface area contributed by atoms with Gasteiger partial charge < -0.3 is 9.26 Å². The molecule has 32 heavy (non-hydrogen) atoms. The first-order valence-corrected chi connectivity index (χ1v) is 10.1. The molecule has 1 aromatic heterocycles. The van der Waals surface area contributed by atoms with Crippen LogP contribution in [0.3, 0.4) is 0 Å². The van der Waals surface area contributed by atoms with E-state index in [0.717, 1.165) is 16.0 Å². The van der Waals surface area contributed by atoms with Crippen molar-refractivity contribution in [3.8, 4) is 17.1 Å². The molecule has 2 atom stereocenters. The minimum absolute atomic E-state index is 0.0674. The second-order valence-corrected chi connectivity index (χ2v) is 7.71. The van der Waals surface area contributed by atoms with E-state index in [4.69, 9.17) is 9.26 Å². The van der Waals surface area contributed by atoms with Gasteiger partial charge in [-0.1, -0.05) is 22.5 Å². The third kappa shape index (κ3) is 3.20. The molecule has 0 saturated carbocycles. The quantitative estimate of drug-likeness (QED) is 0.570. The lowest BCUT2D eigenvalue weighted by Gasteiger charge is -2.19. The molecule has 1 fully saturated rings. The number of aryl methyl sites for hydroxylation is 2. The highest BCUT2D eigenvalue weighted by molar-refractivity contribution is 6.25. The van der Waals surface area contributed by atoms with E-state index in [1.165, 1.54) is 10.6 Å². The SMILES string of the molecule is COc1ccc(N2C(=O)[C@@H]3N=NN(Cc4nc(-c5ccc(C)c(C)c5)no4)[C@H]3C2=O)cc1. The van der Waals surface area contributed by atoms with Gasteiger partial charge in [0.25, 0.3) is 11.8 Å². The maximum atomic E-state index is 13.1. The molecule has 0 radical (unpaired) electrons. The number of ether oxygens (including phenoxy) is 1. The molecule has 162 valence electrons.